The molecular formula is C11H15ClFN. The van der Waals surface area contributed by atoms with Crippen LogP contribution in [0, 0.1) is 5.82 Å². The zero-order valence-corrected chi connectivity index (χ0v) is 8.82. The van der Waals surface area contributed by atoms with E-state index in [4.69, 9.17) is 0 Å². The molecule has 1 aromatic rings. The van der Waals surface area contributed by atoms with Gasteiger partial charge in [-0.15, -0.1) is 12.4 Å². The Labute approximate surface area is 90.1 Å². The first-order valence-electron chi connectivity index (χ1n) is 4.82. The molecule has 0 aliphatic carbocycles. The van der Waals surface area contributed by atoms with Gasteiger partial charge in [-0.2, -0.15) is 0 Å². The van der Waals surface area contributed by atoms with Gasteiger partial charge in [0.15, 0.2) is 0 Å². The quantitative estimate of drug-likeness (QED) is 0.760. The van der Waals surface area contributed by atoms with Gasteiger partial charge < -0.3 is 5.32 Å². The lowest BCUT2D eigenvalue weighted by atomic mass is 9.90. The van der Waals surface area contributed by atoms with E-state index in [0.717, 1.165) is 31.5 Å². The summed E-state index contributed by atoms with van der Waals surface area (Å²) in [5.74, 6) is 0.438. The van der Waals surface area contributed by atoms with Crippen molar-refractivity contribution in [3.05, 3.63) is 35.6 Å². The molecular weight excluding hydrogens is 201 g/mol. The Bertz CT molecular complexity index is 284. The normalized spacial score (nSPS) is 17.5. The Morgan fingerprint density at radius 3 is 2.57 bits per heavy atom. The largest absolute Gasteiger partial charge is 0.317 e. The molecule has 1 fully saturated rings. The minimum absolute atomic E-state index is 0. The highest BCUT2D eigenvalue weighted by molar-refractivity contribution is 5.85. The van der Waals surface area contributed by atoms with E-state index in [1.165, 1.54) is 6.07 Å². The van der Waals surface area contributed by atoms with E-state index in [9.17, 15) is 4.39 Å². The molecule has 1 aliphatic rings. The average molecular weight is 216 g/mol. The minimum atomic E-state index is -0.115. The maximum absolute atomic E-state index is 12.9. The lowest BCUT2D eigenvalue weighted by molar-refractivity contribution is 0.458. The SMILES string of the molecule is Cl.Fc1cccc(C2CCNCC2)c1. The number of halogens is 2. The van der Waals surface area contributed by atoms with Crippen molar-refractivity contribution < 1.29 is 4.39 Å². The third kappa shape index (κ3) is 2.69. The monoisotopic (exact) mass is 215 g/mol. The summed E-state index contributed by atoms with van der Waals surface area (Å²) in [4.78, 5) is 0. The van der Waals surface area contributed by atoms with Crippen LogP contribution in [0.4, 0.5) is 4.39 Å². The van der Waals surface area contributed by atoms with Crippen molar-refractivity contribution in [3.63, 3.8) is 0 Å². The van der Waals surface area contributed by atoms with Crippen LogP contribution in [0.3, 0.4) is 0 Å². The van der Waals surface area contributed by atoms with Crippen LogP contribution in [0.25, 0.3) is 0 Å². The smallest absolute Gasteiger partial charge is 0.123 e. The van der Waals surface area contributed by atoms with Crippen LogP contribution >= 0.6 is 12.4 Å². The summed E-state index contributed by atoms with van der Waals surface area (Å²) in [5.41, 5.74) is 1.15. The first kappa shape index (κ1) is 11.5. The molecule has 14 heavy (non-hydrogen) atoms. The fraction of sp³-hybridized carbons (Fsp3) is 0.455. The van der Waals surface area contributed by atoms with E-state index in [2.05, 4.69) is 5.32 Å². The summed E-state index contributed by atoms with van der Waals surface area (Å²) in [6, 6.07) is 6.99. The summed E-state index contributed by atoms with van der Waals surface area (Å²) >= 11 is 0. The van der Waals surface area contributed by atoms with Gasteiger partial charge in [0.25, 0.3) is 0 Å². The second-order valence-corrected chi connectivity index (χ2v) is 3.58. The zero-order chi connectivity index (χ0) is 9.10. The van der Waals surface area contributed by atoms with Gasteiger partial charge in [0.2, 0.25) is 0 Å². The third-order valence-corrected chi connectivity index (χ3v) is 2.66. The topological polar surface area (TPSA) is 12.0 Å². The Hall–Kier alpha value is -0.600. The molecule has 0 amide bonds. The van der Waals surface area contributed by atoms with Gasteiger partial charge in [-0.25, -0.2) is 4.39 Å². The van der Waals surface area contributed by atoms with Crippen LogP contribution in [-0.2, 0) is 0 Å². The second-order valence-electron chi connectivity index (χ2n) is 3.58. The van der Waals surface area contributed by atoms with Crippen molar-refractivity contribution in [1.82, 2.24) is 5.32 Å². The molecule has 3 heteroatoms. The Morgan fingerprint density at radius 2 is 1.93 bits per heavy atom. The molecule has 2 rings (SSSR count). The van der Waals surface area contributed by atoms with E-state index in [1.54, 1.807) is 12.1 Å². The molecule has 0 bridgehead atoms. The van der Waals surface area contributed by atoms with Crippen LogP contribution in [0.15, 0.2) is 24.3 Å². The number of piperidine rings is 1. The summed E-state index contributed by atoms with van der Waals surface area (Å²) in [6.45, 7) is 2.11. The Balaban J connectivity index is 0.000000980. The standard InChI is InChI=1S/C11H14FN.ClH/c12-11-3-1-2-10(8-11)9-4-6-13-7-5-9;/h1-3,8-9,13H,4-7H2;1H. The molecule has 1 heterocycles. The predicted molar refractivity (Wildman–Crippen MR) is 58.5 cm³/mol. The molecule has 0 unspecified atom stereocenters. The number of hydrogen-bond donors (Lipinski definition) is 1. The molecule has 78 valence electrons. The molecule has 1 saturated heterocycles. The highest BCUT2D eigenvalue weighted by Gasteiger charge is 2.14. The number of nitrogens with one attached hydrogen (secondary N) is 1. The van der Waals surface area contributed by atoms with Gasteiger partial charge in [-0.3, -0.25) is 0 Å². The average Bonchev–Trinajstić information content (AvgIpc) is 2.19. The van der Waals surface area contributed by atoms with Gasteiger partial charge in [0.1, 0.15) is 5.82 Å². The summed E-state index contributed by atoms with van der Waals surface area (Å²) in [7, 11) is 0. The van der Waals surface area contributed by atoms with E-state index >= 15 is 0 Å². The molecule has 1 aliphatic heterocycles. The summed E-state index contributed by atoms with van der Waals surface area (Å²) in [6.07, 6.45) is 2.26. The maximum atomic E-state index is 12.9. The first-order chi connectivity index (χ1) is 6.36. The van der Waals surface area contributed by atoms with E-state index in [0.29, 0.717) is 5.92 Å². The summed E-state index contributed by atoms with van der Waals surface area (Å²) < 4.78 is 12.9. The molecule has 0 atom stereocenters. The van der Waals surface area contributed by atoms with Crippen molar-refractivity contribution in [1.29, 1.82) is 0 Å². The third-order valence-electron chi connectivity index (χ3n) is 2.66. The van der Waals surface area contributed by atoms with Crippen molar-refractivity contribution in [2.24, 2.45) is 0 Å². The second kappa shape index (κ2) is 5.32. The fourth-order valence-electron chi connectivity index (χ4n) is 1.92. The Kier molecular flexibility index (Phi) is 4.36. The molecule has 1 aromatic carbocycles. The van der Waals surface area contributed by atoms with Gasteiger partial charge in [0.05, 0.1) is 0 Å². The zero-order valence-electron chi connectivity index (χ0n) is 8.00. The van der Waals surface area contributed by atoms with Crippen molar-refractivity contribution in [3.8, 4) is 0 Å². The van der Waals surface area contributed by atoms with E-state index < -0.39 is 0 Å². The van der Waals surface area contributed by atoms with Gasteiger partial charge in [0, 0.05) is 0 Å². The Morgan fingerprint density at radius 1 is 1.21 bits per heavy atom. The van der Waals surface area contributed by atoms with Crippen molar-refractivity contribution in [2.45, 2.75) is 18.8 Å². The number of benzene rings is 1. The van der Waals surface area contributed by atoms with Crippen LogP contribution in [-0.4, -0.2) is 13.1 Å². The van der Waals surface area contributed by atoms with Crippen LogP contribution < -0.4 is 5.32 Å². The molecule has 1 nitrogen and oxygen atoms in total. The highest BCUT2D eigenvalue weighted by Crippen LogP contribution is 2.25. The molecule has 0 spiro atoms. The van der Waals surface area contributed by atoms with Gasteiger partial charge in [-0.1, -0.05) is 12.1 Å². The van der Waals surface area contributed by atoms with Crippen LogP contribution in [0.1, 0.15) is 24.3 Å². The van der Waals surface area contributed by atoms with Gasteiger partial charge >= 0.3 is 0 Å². The number of hydrogen-bond acceptors (Lipinski definition) is 1. The number of rotatable bonds is 1. The van der Waals surface area contributed by atoms with Crippen LogP contribution in [0.5, 0.6) is 0 Å². The van der Waals surface area contributed by atoms with E-state index in [1.807, 2.05) is 6.07 Å². The van der Waals surface area contributed by atoms with Gasteiger partial charge in [-0.05, 0) is 49.5 Å². The molecule has 0 saturated carbocycles. The maximum Gasteiger partial charge on any atom is 0.123 e. The minimum Gasteiger partial charge on any atom is -0.317 e. The van der Waals surface area contributed by atoms with Crippen molar-refractivity contribution in [2.75, 3.05) is 13.1 Å². The first-order valence-corrected chi connectivity index (χ1v) is 4.82. The van der Waals surface area contributed by atoms with Crippen molar-refractivity contribution >= 4 is 12.4 Å². The molecule has 0 radical (unpaired) electrons. The molecule has 0 aromatic heterocycles. The van der Waals surface area contributed by atoms with E-state index in [-0.39, 0.29) is 18.2 Å². The lowest BCUT2D eigenvalue weighted by Crippen LogP contribution is -2.26. The lowest BCUT2D eigenvalue weighted by Gasteiger charge is -2.22. The highest BCUT2D eigenvalue weighted by atomic mass is 35.5. The summed E-state index contributed by atoms with van der Waals surface area (Å²) in [5, 5.41) is 3.31. The predicted octanol–water partition coefficient (Wildman–Crippen LogP) is 2.71. The van der Waals surface area contributed by atoms with Crippen LogP contribution in [0.2, 0.25) is 0 Å². The fourth-order valence-corrected chi connectivity index (χ4v) is 1.92. The molecule has 1 N–H and O–H groups in total.